The fraction of sp³-hybridized carbons (Fsp3) is 0.571. The molecule has 4 atom stereocenters. The summed E-state index contributed by atoms with van der Waals surface area (Å²) in [5.41, 5.74) is 0. The summed E-state index contributed by atoms with van der Waals surface area (Å²) in [6, 6.07) is 9.88. The van der Waals surface area contributed by atoms with Crippen LogP contribution in [-0.2, 0) is 14.9 Å². The quantitative estimate of drug-likeness (QED) is 0.738. The van der Waals surface area contributed by atoms with Gasteiger partial charge in [-0.15, -0.1) is 0 Å². The maximum absolute atomic E-state index is 6.25. The van der Waals surface area contributed by atoms with Crippen LogP contribution in [0.4, 0.5) is 0 Å². The van der Waals surface area contributed by atoms with Gasteiger partial charge >= 0.3 is 116 Å². The Labute approximate surface area is 116 Å². The predicted octanol–water partition coefficient (Wildman–Crippen LogP) is 1.93. The predicted molar refractivity (Wildman–Crippen MR) is 74.0 cm³/mol. The molecular formula is C14H21AsO4. The van der Waals surface area contributed by atoms with E-state index in [1.165, 1.54) is 0 Å². The van der Waals surface area contributed by atoms with Crippen molar-refractivity contribution in [3.63, 3.8) is 0 Å². The fourth-order valence-corrected chi connectivity index (χ4v) is 11.8. The Kier molecular flexibility index (Phi) is 3.08. The minimum atomic E-state index is -4.28. The normalized spacial score (nSPS) is 42.0. The molecule has 0 aliphatic carbocycles. The second-order valence-corrected chi connectivity index (χ2v) is 11.7. The Morgan fingerprint density at radius 2 is 1.05 bits per heavy atom. The van der Waals surface area contributed by atoms with Crippen LogP contribution in [0.5, 0.6) is 0 Å². The first-order valence-electron chi connectivity index (χ1n) is 6.78. The SMILES string of the molecule is C[C@@H]1O[As]2(c3ccccc3)(O[C@@H](C)[C@@H](C)O2)O[C@@H]1C. The fourth-order valence-electron chi connectivity index (χ4n) is 2.55. The summed E-state index contributed by atoms with van der Waals surface area (Å²) in [5.74, 6) is 0. The van der Waals surface area contributed by atoms with E-state index in [0.717, 1.165) is 4.35 Å². The van der Waals surface area contributed by atoms with Gasteiger partial charge in [0.2, 0.25) is 0 Å². The molecule has 1 spiro atoms. The first kappa shape index (κ1) is 13.6. The van der Waals surface area contributed by atoms with Crippen molar-refractivity contribution >= 4 is 18.2 Å². The standard InChI is InChI=1S/C14H21AsO4/c1-10-11(2)17-15(16-10,14-8-6-5-7-9-14)18-12(3)13(4)19-15/h5-13H,1-4H3/t10-,11+,12-,13+. The van der Waals surface area contributed by atoms with Gasteiger partial charge in [0.25, 0.3) is 0 Å². The van der Waals surface area contributed by atoms with Gasteiger partial charge in [0.1, 0.15) is 0 Å². The zero-order valence-electron chi connectivity index (χ0n) is 11.8. The monoisotopic (exact) mass is 328 g/mol. The van der Waals surface area contributed by atoms with Crippen LogP contribution in [-0.4, -0.2) is 38.2 Å². The van der Waals surface area contributed by atoms with Crippen LogP contribution in [0.1, 0.15) is 27.7 Å². The molecule has 4 nitrogen and oxygen atoms in total. The summed E-state index contributed by atoms with van der Waals surface area (Å²) in [5, 5.41) is 0. The molecule has 0 amide bonds. The molecule has 0 unspecified atom stereocenters. The Morgan fingerprint density at radius 3 is 1.42 bits per heavy atom. The molecular weight excluding hydrogens is 307 g/mol. The second kappa shape index (κ2) is 4.31. The summed E-state index contributed by atoms with van der Waals surface area (Å²) in [6.07, 6.45) is -0.0974. The number of hydrogen-bond acceptors (Lipinski definition) is 4. The molecule has 19 heavy (non-hydrogen) atoms. The zero-order chi connectivity index (χ0) is 13.7. The average Bonchev–Trinajstić information content (AvgIpc) is 2.77. The molecule has 2 heterocycles. The van der Waals surface area contributed by atoms with E-state index < -0.39 is 13.8 Å². The van der Waals surface area contributed by atoms with E-state index >= 15 is 0 Å². The van der Waals surface area contributed by atoms with Crippen LogP contribution < -0.4 is 4.35 Å². The molecule has 2 aliphatic rings. The van der Waals surface area contributed by atoms with E-state index in [4.69, 9.17) is 14.9 Å². The first-order chi connectivity index (χ1) is 8.95. The van der Waals surface area contributed by atoms with Crippen molar-refractivity contribution in [3.05, 3.63) is 30.3 Å². The molecule has 106 valence electrons. The zero-order valence-corrected chi connectivity index (χ0v) is 13.7. The summed E-state index contributed by atoms with van der Waals surface area (Å²) in [4.78, 5) is 0. The van der Waals surface area contributed by atoms with E-state index in [2.05, 4.69) is 0 Å². The van der Waals surface area contributed by atoms with Gasteiger partial charge in [-0.2, -0.15) is 0 Å². The molecule has 0 aromatic heterocycles. The topological polar surface area (TPSA) is 36.9 Å². The van der Waals surface area contributed by atoms with Crippen LogP contribution in [0.25, 0.3) is 0 Å². The van der Waals surface area contributed by atoms with Gasteiger partial charge in [-0.25, -0.2) is 0 Å². The second-order valence-electron chi connectivity index (χ2n) is 5.39. The van der Waals surface area contributed by atoms with E-state index in [1.54, 1.807) is 0 Å². The Hall–Kier alpha value is -0.382. The maximum atomic E-state index is 6.25. The molecule has 2 aliphatic heterocycles. The summed E-state index contributed by atoms with van der Waals surface area (Å²) >= 11 is -4.28. The van der Waals surface area contributed by atoms with E-state index in [-0.39, 0.29) is 24.4 Å². The number of benzene rings is 1. The van der Waals surface area contributed by atoms with Crippen LogP contribution in [0.2, 0.25) is 0 Å². The van der Waals surface area contributed by atoms with Gasteiger partial charge in [0, 0.05) is 0 Å². The van der Waals surface area contributed by atoms with Crippen molar-refractivity contribution in [2.45, 2.75) is 52.1 Å². The van der Waals surface area contributed by atoms with Gasteiger partial charge in [-0.05, 0) is 0 Å². The molecule has 2 fully saturated rings. The first-order valence-corrected chi connectivity index (χ1v) is 10.8. The summed E-state index contributed by atoms with van der Waals surface area (Å²) < 4.78 is 25.9. The minimum absolute atomic E-state index is 0.0243. The third-order valence-corrected chi connectivity index (χ3v) is 12.1. The van der Waals surface area contributed by atoms with Crippen molar-refractivity contribution in [1.29, 1.82) is 0 Å². The Bertz CT molecular complexity index is 426. The van der Waals surface area contributed by atoms with Crippen molar-refractivity contribution in [3.8, 4) is 0 Å². The number of hydrogen-bond donors (Lipinski definition) is 0. The molecule has 5 heteroatoms. The molecule has 1 aromatic rings. The van der Waals surface area contributed by atoms with Crippen molar-refractivity contribution < 1.29 is 14.9 Å². The van der Waals surface area contributed by atoms with Crippen LogP contribution in [0.3, 0.4) is 0 Å². The molecule has 2 saturated heterocycles. The van der Waals surface area contributed by atoms with Gasteiger partial charge in [0.05, 0.1) is 0 Å². The molecule has 0 N–H and O–H groups in total. The van der Waals surface area contributed by atoms with E-state index in [9.17, 15) is 0 Å². The van der Waals surface area contributed by atoms with Gasteiger partial charge in [-0.3, -0.25) is 0 Å². The van der Waals surface area contributed by atoms with Crippen molar-refractivity contribution in [2.75, 3.05) is 0 Å². The van der Waals surface area contributed by atoms with Gasteiger partial charge in [-0.1, -0.05) is 0 Å². The number of rotatable bonds is 1. The molecule has 0 saturated carbocycles. The van der Waals surface area contributed by atoms with Crippen LogP contribution in [0, 0.1) is 0 Å². The molecule has 1 aromatic carbocycles. The molecule has 0 bridgehead atoms. The van der Waals surface area contributed by atoms with Gasteiger partial charge < -0.3 is 0 Å². The molecule has 3 rings (SSSR count). The summed E-state index contributed by atoms with van der Waals surface area (Å²) in [7, 11) is 0. The third-order valence-electron chi connectivity index (χ3n) is 3.89. The van der Waals surface area contributed by atoms with Crippen LogP contribution in [0.15, 0.2) is 30.3 Å². The average molecular weight is 328 g/mol. The van der Waals surface area contributed by atoms with Crippen molar-refractivity contribution in [1.82, 2.24) is 0 Å². The van der Waals surface area contributed by atoms with Crippen molar-refractivity contribution in [2.24, 2.45) is 0 Å². The third kappa shape index (κ3) is 1.90. The molecule has 0 radical (unpaired) electrons. The van der Waals surface area contributed by atoms with Gasteiger partial charge in [0.15, 0.2) is 0 Å². The Morgan fingerprint density at radius 1 is 0.684 bits per heavy atom. The van der Waals surface area contributed by atoms with E-state index in [1.807, 2.05) is 58.0 Å². The summed E-state index contributed by atoms with van der Waals surface area (Å²) in [6.45, 7) is 8.03. The van der Waals surface area contributed by atoms with E-state index in [0.29, 0.717) is 0 Å². The van der Waals surface area contributed by atoms with Crippen LogP contribution >= 0.6 is 0 Å². The Balaban J connectivity index is 2.13.